The second kappa shape index (κ2) is 6.27. The van der Waals surface area contributed by atoms with Crippen LogP contribution in [0.15, 0.2) is 18.2 Å². The van der Waals surface area contributed by atoms with Gasteiger partial charge in [0.25, 0.3) is 0 Å². The zero-order chi connectivity index (χ0) is 14.7. The molecule has 0 atom stereocenters. The lowest BCUT2D eigenvalue weighted by Gasteiger charge is -2.11. The van der Waals surface area contributed by atoms with E-state index in [1.165, 1.54) is 6.07 Å². The zero-order valence-electron chi connectivity index (χ0n) is 12.0. The molecule has 3 nitrogen and oxygen atoms in total. The fraction of sp³-hybridized carbons (Fsp3) is 0.400. The molecular weight excluding hydrogens is 277 g/mol. The highest BCUT2D eigenvalue weighted by molar-refractivity contribution is 6.31. The van der Waals surface area contributed by atoms with Crippen LogP contribution in [0, 0.1) is 12.7 Å². The maximum absolute atomic E-state index is 13.8. The normalized spacial score (nSPS) is 10.8. The molecule has 0 saturated carbocycles. The fourth-order valence-electron chi connectivity index (χ4n) is 2.21. The molecule has 1 N–H and O–H groups in total. The predicted molar refractivity (Wildman–Crippen MR) is 80.8 cm³/mol. The summed E-state index contributed by atoms with van der Waals surface area (Å²) in [5.41, 5.74) is 3.18. The van der Waals surface area contributed by atoms with Crippen molar-refractivity contribution in [2.45, 2.75) is 40.3 Å². The number of aromatic nitrogens is 2. The Kier molecular flexibility index (Phi) is 4.65. The molecule has 0 spiro atoms. The highest BCUT2D eigenvalue weighted by Gasteiger charge is 2.15. The zero-order valence-corrected chi connectivity index (χ0v) is 12.8. The molecule has 0 fully saturated rings. The first-order valence-corrected chi connectivity index (χ1v) is 7.19. The van der Waals surface area contributed by atoms with Crippen LogP contribution in [0.4, 0.5) is 10.1 Å². The van der Waals surface area contributed by atoms with Crippen LogP contribution in [0.3, 0.4) is 0 Å². The molecule has 1 heterocycles. The van der Waals surface area contributed by atoms with Gasteiger partial charge in [0.05, 0.1) is 28.6 Å². The first-order chi connectivity index (χ1) is 9.58. The highest BCUT2D eigenvalue weighted by Crippen LogP contribution is 2.24. The van der Waals surface area contributed by atoms with E-state index in [0.717, 1.165) is 29.9 Å². The van der Waals surface area contributed by atoms with Crippen molar-refractivity contribution in [1.82, 2.24) is 9.78 Å². The number of benzene rings is 1. The van der Waals surface area contributed by atoms with Crippen LogP contribution in [0.2, 0.25) is 5.02 Å². The van der Waals surface area contributed by atoms with Crippen molar-refractivity contribution in [2.24, 2.45) is 0 Å². The van der Waals surface area contributed by atoms with Gasteiger partial charge in [0.15, 0.2) is 0 Å². The van der Waals surface area contributed by atoms with E-state index in [-0.39, 0.29) is 5.82 Å². The molecule has 0 unspecified atom stereocenters. The molecular formula is C15H19ClFN3. The Hall–Kier alpha value is -1.55. The SMILES string of the molecule is CCc1nn(CC)c(CNc2c(C)cccc2F)c1Cl. The summed E-state index contributed by atoms with van der Waals surface area (Å²) in [6.07, 6.45) is 0.789. The summed E-state index contributed by atoms with van der Waals surface area (Å²) in [5, 5.41) is 8.26. The third kappa shape index (κ3) is 2.80. The minimum Gasteiger partial charge on any atom is -0.377 e. The van der Waals surface area contributed by atoms with Gasteiger partial charge in [-0.3, -0.25) is 4.68 Å². The van der Waals surface area contributed by atoms with Gasteiger partial charge in [0.2, 0.25) is 0 Å². The number of anilines is 1. The number of hydrogen-bond acceptors (Lipinski definition) is 2. The van der Waals surface area contributed by atoms with Crippen molar-refractivity contribution < 1.29 is 4.39 Å². The summed E-state index contributed by atoms with van der Waals surface area (Å²) < 4.78 is 15.7. The van der Waals surface area contributed by atoms with Crippen molar-refractivity contribution in [3.63, 3.8) is 0 Å². The van der Waals surface area contributed by atoms with Gasteiger partial charge in [-0.25, -0.2) is 4.39 Å². The van der Waals surface area contributed by atoms with Crippen molar-refractivity contribution in [1.29, 1.82) is 0 Å². The Labute approximate surface area is 123 Å². The van der Waals surface area contributed by atoms with Crippen LogP contribution in [-0.4, -0.2) is 9.78 Å². The van der Waals surface area contributed by atoms with E-state index >= 15 is 0 Å². The minimum absolute atomic E-state index is 0.251. The van der Waals surface area contributed by atoms with Gasteiger partial charge in [-0.2, -0.15) is 5.10 Å². The van der Waals surface area contributed by atoms with E-state index in [0.29, 0.717) is 17.3 Å². The van der Waals surface area contributed by atoms with Crippen LogP contribution in [0.5, 0.6) is 0 Å². The molecule has 0 aliphatic rings. The standard InChI is InChI=1S/C15H19ClFN3/c1-4-12-14(16)13(20(5-2)19-12)9-18-15-10(3)7-6-8-11(15)17/h6-8,18H,4-5,9H2,1-3H3. The third-order valence-corrected chi connectivity index (χ3v) is 3.78. The largest absolute Gasteiger partial charge is 0.377 e. The van der Waals surface area contributed by atoms with Crippen LogP contribution in [0.1, 0.15) is 30.8 Å². The summed E-state index contributed by atoms with van der Waals surface area (Å²) in [5.74, 6) is -0.251. The molecule has 5 heteroatoms. The second-order valence-corrected chi connectivity index (χ2v) is 5.04. The Morgan fingerprint density at radius 1 is 1.35 bits per heavy atom. The number of nitrogens with one attached hydrogen (secondary N) is 1. The maximum Gasteiger partial charge on any atom is 0.146 e. The van der Waals surface area contributed by atoms with Crippen molar-refractivity contribution in [2.75, 3.05) is 5.32 Å². The van der Waals surface area contributed by atoms with E-state index in [1.807, 2.05) is 31.5 Å². The van der Waals surface area contributed by atoms with Gasteiger partial charge >= 0.3 is 0 Å². The summed E-state index contributed by atoms with van der Waals surface area (Å²) >= 11 is 6.34. The fourth-order valence-corrected chi connectivity index (χ4v) is 2.55. The number of halogens is 2. The van der Waals surface area contributed by atoms with Gasteiger partial charge in [-0.1, -0.05) is 30.7 Å². The Morgan fingerprint density at radius 2 is 2.10 bits per heavy atom. The van der Waals surface area contributed by atoms with E-state index < -0.39 is 0 Å². The van der Waals surface area contributed by atoms with Crippen LogP contribution >= 0.6 is 11.6 Å². The van der Waals surface area contributed by atoms with E-state index in [4.69, 9.17) is 11.6 Å². The summed E-state index contributed by atoms with van der Waals surface area (Å²) in [6, 6.07) is 5.03. The molecule has 0 aliphatic heterocycles. The van der Waals surface area contributed by atoms with Crippen LogP contribution in [0.25, 0.3) is 0 Å². The van der Waals surface area contributed by atoms with E-state index in [2.05, 4.69) is 10.4 Å². The van der Waals surface area contributed by atoms with Gasteiger partial charge in [-0.15, -0.1) is 0 Å². The Bertz CT molecular complexity index is 587. The average Bonchev–Trinajstić information content (AvgIpc) is 2.74. The molecule has 1 aromatic carbocycles. The molecule has 0 amide bonds. The Morgan fingerprint density at radius 3 is 2.70 bits per heavy atom. The monoisotopic (exact) mass is 295 g/mol. The smallest absolute Gasteiger partial charge is 0.146 e. The molecule has 2 rings (SSSR count). The van der Waals surface area contributed by atoms with Gasteiger partial charge in [-0.05, 0) is 31.9 Å². The summed E-state index contributed by atoms with van der Waals surface area (Å²) in [6.45, 7) is 7.11. The molecule has 1 aromatic heterocycles. The maximum atomic E-state index is 13.8. The highest BCUT2D eigenvalue weighted by atomic mass is 35.5. The Balaban J connectivity index is 2.25. The third-order valence-electron chi connectivity index (χ3n) is 3.35. The predicted octanol–water partition coefficient (Wildman–Crippen LogP) is 4.18. The van der Waals surface area contributed by atoms with Crippen molar-refractivity contribution >= 4 is 17.3 Å². The van der Waals surface area contributed by atoms with E-state index in [1.54, 1.807) is 6.07 Å². The lowest BCUT2D eigenvalue weighted by Crippen LogP contribution is -2.09. The molecule has 108 valence electrons. The quantitative estimate of drug-likeness (QED) is 0.897. The number of para-hydroxylation sites is 1. The van der Waals surface area contributed by atoms with Gasteiger partial charge < -0.3 is 5.32 Å². The summed E-state index contributed by atoms with van der Waals surface area (Å²) in [4.78, 5) is 0. The molecule has 20 heavy (non-hydrogen) atoms. The lowest BCUT2D eigenvalue weighted by molar-refractivity contribution is 0.613. The first kappa shape index (κ1) is 14.9. The van der Waals surface area contributed by atoms with Crippen LogP contribution < -0.4 is 5.32 Å². The molecule has 0 aliphatic carbocycles. The lowest BCUT2D eigenvalue weighted by atomic mass is 10.2. The van der Waals surface area contributed by atoms with E-state index in [9.17, 15) is 4.39 Å². The molecule has 0 saturated heterocycles. The van der Waals surface area contributed by atoms with Gasteiger partial charge in [0.1, 0.15) is 5.82 Å². The van der Waals surface area contributed by atoms with Gasteiger partial charge in [0, 0.05) is 6.54 Å². The number of aryl methyl sites for hydroxylation is 3. The number of rotatable bonds is 5. The first-order valence-electron chi connectivity index (χ1n) is 6.81. The molecule has 0 bridgehead atoms. The average molecular weight is 296 g/mol. The second-order valence-electron chi connectivity index (χ2n) is 4.66. The number of hydrogen-bond donors (Lipinski definition) is 1. The van der Waals surface area contributed by atoms with Crippen molar-refractivity contribution in [3.8, 4) is 0 Å². The molecule has 2 aromatic rings. The number of nitrogens with zero attached hydrogens (tertiary/aromatic N) is 2. The summed E-state index contributed by atoms with van der Waals surface area (Å²) in [7, 11) is 0. The van der Waals surface area contributed by atoms with Crippen LogP contribution in [-0.2, 0) is 19.5 Å². The van der Waals surface area contributed by atoms with Crippen molar-refractivity contribution in [3.05, 3.63) is 46.0 Å². The topological polar surface area (TPSA) is 29.9 Å². The minimum atomic E-state index is -0.251. The molecule has 0 radical (unpaired) electrons.